The van der Waals surface area contributed by atoms with Gasteiger partial charge in [0.05, 0.1) is 4.47 Å². The van der Waals surface area contributed by atoms with Crippen molar-refractivity contribution in [2.75, 3.05) is 6.61 Å². The molecule has 0 radical (unpaired) electrons. The highest BCUT2D eigenvalue weighted by atomic mass is 79.9. The van der Waals surface area contributed by atoms with Gasteiger partial charge in [-0.25, -0.2) is 0 Å². The summed E-state index contributed by atoms with van der Waals surface area (Å²) in [6, 6.07) is 12.8. The Morgan fingerprint density at radius 1 is 1.15 bits per heavy atom. The molecule has 0 heterocycles. The number of aryl methyl sites for hydroxylation is 2. The zero-order chi connectivity index (χ0) is 19.8. The van der Waals surface area contributed by atoms with Crippen LogP contribution >= 0.6 is 28.1 Å². The Hall–Kier alpha value is -2.45. The number of amides is 2. The maximum Gasteiger partial charge on any atom is 0.276 e. The van der Waals surface area contributed by atoms with E-state index >= 15 is 0 Å². The summed E-state index contributed by atoms with van der Waals surface area (Å²) in [5.41, 5.74) is 7.36. The van der Waals surface area contributed by atoms with E-state index < -0.39 is 5.91 Å². The Balaban J connectivity index is 1.77. The molecule has 2 aromatic carbocycles. The quantitative estimate of drug-likeness (QED) is 0.482. The molecule has 27 heavy (non-hydrogen) atoms. The number of rotatable bonds is 5. The van der Waals surface area contributed by atoms with E-state index in [0.717, 1.165) is 22.0 Å². The van der Waals surface area contributed by atoms with Gasteiger partial charge in [0.2, 0.25) is 0 Å². The van der Waals surface area contributed by atoms with Gasteiger partial charge in [0.1, 0.15) is 5.75 Å². The second-order valence-corrected chi connectivity index (χ2v) is 6.94. The predicted molar refractivity (Wildman–Crippen MR) is 112 cm³/mol. The van der Waals surface area contributed by atoms with Crippen LogP contribution in [-0.4, -0.2) is 23.5 Å². The van der Waals surface area contributed by atoms with Gasteiger partial charge in [0, 0.05) is 5.56 Å². The standard InChI is InChI=1S/C19H20BrN3O3S/c1-3-13-8-9-16(15(20)10-13)26-11-17(24)22-23-19(27)21-18(25)14-7-5-4-6-12(14)2/h4-10H,3,11H2,1-2H3,(H,22,24)(H2,21,23,25,27). The summed E-state index contributed by atoms with van der Waals surface area (Å²) < 4.78 is 6.25. The SMILES string of the molecule is CCc1ccc(OCC(=O)NNC(=S)NC(=O)c2ccccc2C)c(Br)c1. The average molecular weight is 450 g/mol. The molecule has 8 heteroatoms. The highest BCUT2D eigenvalue weighted by molar-refractivity contribution is 9.10. The van der Waals surface area contributed by atoms with E-state index in [0.29, 0.717) is 11.3 Å². The summed E-state index contributed by atoms with van der Waals surface area (Å²) >= 11 is 8.43. The fourth-order valence-electron chi connectivity index (χ4n) is 2.22. The van der Waals surface area contributed by atoms with Crippen LogP contribution in [0.4, 0.5) is 0 Å². The van der Waals surface area contributed by atoms with Crippen LogP contribution in [0.5, 0.6) is 5.75 Å². The Morgan fingerprint density at radius 2 is 1.89 bits per heavy atom. The van der Waals surface area contributed by atoms with E-state index in [2.05, 4.69) is 39.0 Å². The second kappa shape index (κ2) is 10.0. The molecule has 2 amide bonds. The number of carbonyl (C=O) groups is 2. The molecular weight excluding hydrogens is 430 g/mol. The number of halogens is 1. The molecule has 0 unspecified atom stereocenters. The van der Waals surface area contributed by atoms with Crippen LogP contribution in [0.2, 0.25) is 0 Å². The maximum atomic E-state index is 12.1. The van der Waals surface area contributed by atoms with E-state index in [1.807, 2.05) is 31.2 Å². The van der Waals surface area contributed by atoms with Crippen LogP contribution in [0.1, 0.15) is 28.4 Å². The first-order chi connectivity index (χ1) is 12.9. The lowest BCUT2D eigenvalue weighted by molar-refractivity contribution is -0.123. The van der Waals surface area contributed by atoms with Crippen molar-refractivity contribution in [3.63, 3.8) is 0 Å². The van der Waals surface area contributed by atoms with Crippen LogP contribution < -0.4 is 20.9 Å². The summed E-state index contributed by atoms with van der Waals surface area (Å²) in [5, 5.41) is 2.50. The molecule has 142 valence electrons. The van der Waals surface area contributed by atoms with Gasteiger partial charge in [-0.15, -0.1) is 0 Å². The molecule has 0 aliphatic rings. The smallest absolute Gasteiger partial charge is 0.276 e. The first-order valence-corrected chi connectivity index (χ1v) is 9.47. The van der Waals surface area contributed by atoms with Crippen LogP contribution in [0.15, 0.2) is 46.9 Å². The highest BCUT2D eigenvalue weighted by Crippen LogP contribution is 2.26. The lowest BCUT2D eigenvalue weighted by atomic mass is 10.1. The number of ether oxygens (including phenoxy) is 1. The predicted octanol–water partition coefficient (Wildman–Crippen LogP) is 3.03. The second-order valence-electron chi connectivity index (χ2n) is 5.68. The maximum absolute atomic E-state index is 12.1. The van der Waals surface area contributed by atoms with E-state index in [1.165, 1.54) is 0 Å². The minimum absolute atomic E-state index is 0.00918. The van der Waals surface area contributed by atoms with Gasteiger partial charge in [0.15, 0.2) is 11.7 Å². The van der Waals surface area contributed by atoms with Crippen molar-refractivity contribution in [1.82, 2.24) is 16.2 Å². The number of benzene rings is 2. The van der Waals surface area contributed by atoms with Crippen molar-refractivity contribution in [2.24, 2.45) is 0 Å². The van der Waals surface area contributed by atoms with Crippen LogP contribution in [0.25, 0.3) is 0 Å². The fourth-order valence-corrected chi connectivity index (χ4v) is 2.90. The van der Waals surface area contributed by atoms with Gasteiger partial charge < -0.3 is 4.74 Å². The van der Waals surface area contributed by atoms with Crippen molar-refractivity contribution in [1.29, 1.82) is 0 Å². The molecule has 0 spiro atoms. The van der Waals surface area contributed by atoms with Crippen molar-refractivity contribution >= 4 is 45.1 Å². The van der Waals surface area contributed by atoms with Gasteiger partial charge in [0.25, 0.3) is 11.8 Å². The largest absolute Gasteiger partial charge is 0.483 e. The topological polar surface area (TPSA) is 79.5 Å². The molecule has 0 bridgehead atoms. The minimum Gasteiger partial charge on any atom is -0.483 e. The van der Waals surface area contributed by atoms with Crippen LogP contribution in [0.3, 0.4) is 0 Å². The van der Waals surface area contributed by atoms with Crippen LogP contribution in [-0.2, 0) is 11.2 Å². The summed E-state index contributed by atoms with van der Waals surface area (Å²) in [6.07, 6.45) is 0.912. The monoisotopic (exact) mass is 449 g/mol. The molecule has 0 fully saturated rings. The third-order valence-corrected chi connectivity index (χ3v) is 4.52. The third kappa shape index (κ3) is 6.33. The lowest BCUT2D eigenvalue weighted by Gasteiger charge is -2.13. The fraction of sp³-hybridized carbons (Fsp3) is 0.211. The number of hydrazine groups is 1. The zero-order valence-electron chi connectivity index (χ0n) is 15.0. The molecule has 0 saturated carbocycles. The summed E-state index contributed by atoms with van der Waals surface area (Å²) in [6.45, 7) is 3.68. The van der Waals surface area contributed by atoms with Gasteiger partial charge in [-0.05, 0) is 70.8 Å². The van der Waals surface area contributed by atoms with E-state index in [1.54, 1.807) is 18.2 Å². The average Bonchev–Trinajstić information content (AvgIpc) is 2.65. The van der Waals surface area contributed by atoms with Crippen LogP contribution in [0, 0.1) is 6.92 Å². The zero-order valence-corrected chi connectivity index (χ0v) is 17.4. The first kappa shape index (κ1) is 20.9. The molecule has 2 rings (SSSR count). The highest BCUT2D eigenvalue weighted by Gasteiger charge is 2.11. The molecule has 6 nitrogen and oxygen atoms in total. The van der Waals surface area contributed by atoms with Crippen molar-refractivity contribution < 1.29 is 14.3 Å². The van der Waals surface area contributed by atoms with E-state index in [9.17, 15) is 9.59 Å². The van der Waals surface area contributed by atoms with Gasteiger partial charge in [-0.2, -0.15) is 0 Å². The Kier molecular flexibility index (Phi) is 7.75. The van der Waals surface area contributed by atoms with Crippen molar-refractivity contribution in [3.05, 3.63) is 63.6 Å². The molecule has 3 N–H and O–H groups in total. The first-order valence-electron chi connectivity index (χ1n) is 8.27. The summed E-state index contributed by atoms with van der Waals surface area (Å²) in [4.78, 5) is 24.0. The third-order valence-electron chi connectivity index (χ3n) is 3.70. The number of carbonyl (C=O) groups excluding carboxylic acids is 2. The number of thiocarbonyl (C=S) groups is 1. The molecule has 0 aliphatic heterocycles. The molecule has 2 aromatic rings. The van der Waals surface area contributed by atoms with Gasteiger partial charge >= 0.3 is 0 Å². The van der Waals surface area contributed by atoms with E-state index in [-0.39, 0.29) is 17.6 Å². The number of nitrogens with one attached hydrogen (secondary N) is 3. The van der Waals surface area contributed by atoms with Gasteiger partial charge in [-0.1, -0.05) is 31.2 Å². The Labute approximate surface area is 171 Å². The number of hydrogen-bond donors (Lipinski definition) is 3. The summed E-state index contributed by atoms with van der Waals surface area (Å²) in [7, 11) is 0. The molecule has 0 saturated heterocycles. The summed E-state index contributed by atoms with van der Waals surface area (Å²) in [5.74, 6) is -0.220. The lowest BCUT2D eigenvalue weighted by Crippen LogP contribution is -2.49. The Morgan fingerprint density at radius 3 is 2.56 bits per heavy atom. The van der Waals surface area contributed by atoms with Gasteiger partial charge in [-0.3, -0.25) is 25.8 Å². The minimum atomic E-state index is -0.436. The molecule has 0 aliphatic carbocycles. The molecule has 0 aromatic heterocycles. The van der Waals surface area contributed by atoms with Crippen molar-refractivity contribution in [2.45, 2.75) is 20.3 Å². The Bertz CT molecular complexity index is 858. The van der Waals surface area contributed by atoms with Crippen molar-refractivity contribution in [3.8, 4) is 5.75 Å². The van der Waals surface area contributed by atoms with E-state index in [4.69, 9.17) is 17.0 Å². The molecular formula is C19H20BrN3O3S. The normalized spacial score (nSPS) is 10.0. The number of hydrogen-bond acceptors (Lipinski definition) is 4. The molecule has 0 atom stereocenters.